The smallest absolute Gasteiger partial charge is 0.244 e. The molecule has 0 heterocycles. The lowest BCUT2D eigenvalue weighted by Gasteiger charge is -2.25. The van der Waals surface area contributed by atoms with E-state index in [9.17, 15) is 14.7 Å². The molecule has 0 saturated carbocycles. The van der Waals surface area contributed by atoms with Gasteiger partial charge in [-0.3, -0.25) is 9.59 Å². The van der Waals surface area contributed by atoms with Crippen LogP contribution in [-0.4, -0.2) is 59.5 Å². The average Bonchev–Trinajstić information content (AvgIpc) is 2.78. The molecule has 4 N–H and O–H groups in total. The number of phenolic OH excluding ortho intramolecular Hbond substituents is 1. The minimum atomic E-state index is -0.766. The molecule has 6 nitrogen and oxygen atoms in total. The molecule has 0 fully saturated rings. The highest BCUT2D eigenvalue weighted by Crippen LogP contribution is 2.12. The van der Waals surface area contributed by atoms with Gasteiger partial charge in [-0.15, -0.1) is 0 Å². The molecule has 2 rings (SSSR count). The van der Waals surface area contributed by atoms with Crippen molar-refractivity contribution in [2.24, 2.45) is 5.73 Å². The molecule has 0 saturated heterocycles. The number of carbonyl (C=O) groups excluding carboxylic acids is 2. The molecule has 168 valence electrons. The third-order valence-corrected chi connectivity index (χ3v) is 5.78. The number of rotatable bonds is 12. The predicted octanol–water partition coefficient (Wildman–Crippen LogP) is 2.59. The molecule has 0 aliphatic heterocycles. The van der Waals surface area contributed by atoms with Crippen LogP contribution in [0.3, 0.4) is 0 Å². The Bertz CT molecular complexity index is 815. The number of hydrogen-bond donors (Lipinski definition) is 3. The van der Waals surface area contributed by atoms with Crippen molar-refractivity contribution in [2.45, 2.75) is 37.8 Å². The van der Waals surface area contributed by atoms with E-state index in [0.717, 1.165) is 24.2 Å². The fourth-order valence-electron chi connectivity index (χ4n) is 3.29. The van der Waals surface area contributed by atoms with Gasteiger partial charge in [0.1, 0.15) is 11.8 Å². The molecule has 0 radical (unpaired) electrons. The molecule has 7 heteroatoms. The molecular weight excluding hydrogens is 410 g/mol. The lowest BCUT2D eigenvalue weighted by Crippen LogP contribution is -2.52. The summed E-state index contributed by atoms with van der Waals surface area (Å²) in [6, 6.07) is 15.4. The van der Waals surface area contributed by atoms with Crippen molar-refractivity contribution in [3.8, 4) is 5.75 Å². The van der Waals surface area contributed by atoms with Crippen molar-refractivity contribution in [2.75, 3.05) is 25.6 Å². The van der Waals surface area contributed by atoms with Crippen LogP contribution in [0, 0.1) is 0 Å². The van der Waals surface area contributed by atoms with E-state index in [-0.39, 0.29) is 17.6 Å². The topological polar surface area (TPSA) is 95.7 Å². The van der Waals surface area contributed by atoms with Gasteiger partial charge < -0.3 is 21.1 Å². The van der Waals surface area contributed by atoms with Crippen LogP contribution < -0.4 is 11.1 Å². The number of likely N-dealkylation sites (N-methyl/N-ethyl adjacent to an activating group) is 1. The second kappa shape index (κ2) is 13.0. The van der Waals surface area contributed by atoms with E-state index in [0.29, 0.717) is 19.4 Å². The Morgan fingerprint density at radius 3 is 2.42 bits per heavy atom. The number of carbonyl (C=O) groups is 2. The number of amides is 2. The van der Waals surface area contributed by atoms with Gasteiger partial charge in [0.25, 0.3) is 0 Å². The largest absolute Gasteiger partial charge is 0.508 e. The molecule has 0 aliphatic rings. The summed E-state index contributed by atoms with van der Waals surface area (Å²) in [4.78, 5) is 27.3. The van der Waals surface area contributed by atoms with Crippen molar-refractivity contribution >= 4 is 23.6 Å². The van der Waals surface area contributed by atoms with Gasteiger partial charge in [-0.25, -0.2) is 0 Å². The van der Waals surface area contributed by atoms with Crippen molar-refractivity contribution in [3.63, 3.8) is 0 Å². The SMILES string of the molecule is CSCC[C@@H](NC(=O)[C@@H](N)Cc1ccc(O)cc1)C(=O)N(C)CCCc1ccccc1. The average molecular weight is 444 g/mol. The van der Waals surface area contributed by atoms with E-state index in [1.165, 1.54) is 5.56 Å². The van der Waals surface area contributed by atoms with Crippen LogP contribution in [0.4, 0.5) is 0 Å². The van der Waals surface area contributed by atoms with Crippen LogP contribution in [0.5, 0.6) is 5.75 Å². The molecular formula is C24H33N3O3S. The number of thioether (sulfide) groups is 1. The minimum absolute atomic E-state index is 0.0905. The quantitative estimate of drug-likeness (QED) is 0.469. The maximum absolute atomic E-state index is 13.0. The number of nitrogens with zero attached hydrogens (tertiary/aromatic N) is 1. The first-order valence-electron chi connectivity index (χ1n) is 10.5. The van der Waals surface area contributed by atoms with Crippen molar-refractivity contribution in [3.05, 3.63) is 65.7 Å². The number of nitrogens with one attached hydrogen (secondary N) is 1. The van der Waals surface area contributed by atoms with E-state index in [1.807, 2.05) is 24.5 Å². The van der Waals surface area contributed by atoms with Gasteiger partial charge in [0.15, 0.2) is 0 Å². The normalized spacial score (nSPS) is 12.7. The second-order valence-electron chi connectivity index (χ2n) is 7.67. The van der Waals surface area contributed by atoms with Crippen molar-refractivity contribution < 1.29 is 14.7 Å². The molecule has 0 bridgehead atoms. The summed E-state index contributed by atoms with van der Waals surface area (Å²) in [5, 5.41) is 12.2. The van der Waals surface area contributed by atoms with E-state index >= 15 is 0 Å². The first kappa shape index (κ1) is 24.8. The highest BCUT2D eigenvalue weighted by atomic mass is 32.2. The molecule has 0 aromatic heterocycles. The fourth-order valence-corrected chi connectivity index (χ4v) is 3.76. The number of benzene rings is 2. The van der Waals surface area contributed by atoms with Gasteiger partial charge >= 0.3 is 0 Å². The third kappa shape index (κ3) is 8.63. The summed E-state index contributed by atoms with van der Waals surface area (Å²) in [6.07, 6.45) is 4.63. The van der Waals surface area contributed by atoms with Gasteiger partial charge in [0.2, 0.25) is 11.8 Å². The highest BCUT2D eigenvalue weighted by molar-refractivity contribution is 7.98. The Kier molecular flexibility index (Phi) is 10.4. The predicted molar refractivity (Wildman–Crippen MR) is 127 cm³/mol. The first-order chi connectivity index (χ1) is 14.9. The van der Waals surface area contributed by atoms with E-state index in [4.69, 9.17) is 5.73 Å². The van der Waals surface area contributed by atoms with E-state index < -0.39 is 12.1 Å². The summed E-state index contributed by atoms with van der Waals surface area (Å²) in [5.41, 5.74) is 8.18. The molecule has 0 spiro atoms. The lowest BCUT2D eigenvalue weighted by molar-refractivity contribution is -0.135. The van der Waals surface area contributed by atoms with Gasteiger partial charge in [0, 0.05) is 13.6 Å². The number of hydrogen-bond acceptors (Lipinski definition) is 5. The lowest BCUT2D eigenvalue weighted by atomic mass is 10.0. The summed E-state index contributed by atoms with van der Waals surface area (Å²) >= 11 is 1.64. The highest BCUT2D eigenvalue weighted by Gasteiger charge is 2.26. The Labute approximate surface area is 189 Å². The number of nitrogens with two attached hydrogens (primary N) is 1. The zero-order chi connectivity index (χ0) is 22.6. The number of aromatic hydroxyl groups is 1. The van der Waals surface area contributed by atoms with Crippen LogP contribution in [0.15, 0.2) is 54.6 Å². The van der Waals surface area contributed by atoms with Crippen LogP contribution in [0.25, 0.3) is 0 Å². The molecule has 0 unspecified atom stereocenters. The van der Waals surface area contributed by atoms with Crippen LogP contribution >= 0.6 is 11.8 Å². The fraction of sp³-hybridized carbons (Fsp3) is 0.417. The zero-order valence-electron chi connectivity index (χ0n) is 18.3. The zero-order valence-corrected chi connectivity index (χ0v) is 19.1. The Hall–Kier alpha value is -2.51. The number of phenols is 1. The molecule has 2 amide bonds. The van der Waals surface area contributed by atoms with Crippen LogP contribution in [0.1, 0.15) is 24.0 Å². The van der Waals surface area contributed by atoms with Gasteiger partial charge in [-0.1, -0.05) is 42.5 Å². The summed E-state index contributed by atoms with van der Waals surface area (Å²) in [7, 11) is 1.78. The Morgan fingerprint density at radius 2 is 1.77 bits per heavy atom. The molecule has 2 atom stereocenters. The Balaban J connectivity index is 1.89. The van der Waals surface area contributed by atoms with Crippen molar-refractivity contribution in [1.82, 2.24) is 10.2 Å². The van der Waals surface area contributed by atoms with Crippen LogP contribution in [0.2, 0.25) is 0 Å². The summed E-state index contributed by atoms with van der Waals surface area (Å²) in [5.74, 6) is 0.499. The monoisotopic (exact) mass is 443 g/mol. The molecule has 0 aliphatic carbocycles. The summed E-state index contributed by atoms with van der Waals surface area (Å²) in [6.45, 7) is 0.624. The molecule has 31 heavy (non-hydrogen) atoms. The maximum atomic E-state index is 13.0. The van der Waals surface area contributed by atoms with Crippen molar-refractivity contribution in [1.29, 1.82) is 0 Å². The van der Waals surface area contributed by atoms with Crippen LogP contribution in [-0.2, 0) is 22.4 Å². The van der Waals surface area contributed by atoms with E-state index in [1.54, 1.807) is 48.0 Å². The van der Waals surface area contributed by atoms with Gasteiger partial charge in [-0.2, -0.15) is 11.8 Å². The Morgan fingerprint density at radius 1 is 1.10 bits per heavy atom. The van der Waals surface area contributed by atoms with Gasteiger partial charge in [-0.05, 0) is 61.0 Å². The maximum Gasteiger partial charge on any atom is 0.244 e. The van der Waals surface area contributed by atoms with Gasteiger partial charge in [0.05, 0.1) is 6.04 Å². The third-order valence-electron chi connectivity index (χ3n) is 5.13. The number of aryl methyl sites for hydroxylation is 1. The summed E-state index contributed by atoms with van der Waals surface area (Å²) < 4.78 is 0. The standard InChI is InChI=1S/C24H33N3O3S/c1-27(15-6-9-18-7-4-3-5-8-18)24(30)22(14-16-31-2)26-23(29)21(25)17-19-10-12-20(28)13-11-19/h3-5,7-8,10-13,21-22,28H,6,9,14-17,25H2,1-2H3,(H,26,29)/t21-,22+/m0/s1. The first-order valence-corrected chi connectivity index (χ1v) is 11.9. The second-order valence-corrected chi connectivity index (χ2v) is 8.65. The minimum Gasteiger partial charge on any atom is -0.508 e. The van der Waals surface area contributed by atoms with E-state index in [2.05, 4.69) is 17.4 Å². The molecule has 2 aromatic rings. The molecule has 2 aromatic carbocycles.